The predicted molar refractivity (Wildman–Crippen MR) is 56.3 cm³/mol. The minimum Gasteiger partial charge on any atom is -0.395 e. The summed E-state index contributed by atoms with van der Waals surface area (Å²) >= 11 is 0. The monoisotopic (exact) mass is 205 g/mol. The molecule has 2 nitrogen and oxygen atoms in total. The van der Waals surface area contributed by atoms with Crippen molar-refractivity contribution in [2.75, 3.05) is 6.61 Å². The van der Waals surface area contributed by atoms with Crippen molar-refractivity contribution >= 4 is 10.9 Å². The Morgan fingerprint density at radius 3 is 2.87 bits per heavy atom. The molecule has 2 aromatic rings. The van der Waals surface area contributed by atoms with Gasteiger partial charge in [-0.3, -0.25) is 0 Å². The molecule has 1 fully saturated rings. The summed E-state index contributed by atoms with van der Waals surface area (Å²) < 4.78 is 13.4. The molecule has 0 spiro atoms. The van der Waals surface area contributed by atoms with Crippen molar-refractivity contribution in [1.82, 2.24) is 4.98 Å². The number of benzene rings is 1. The lowest BCUT2D eigenvalue weighted by molar-refractivity contribution is 0.256. The highest BCUT2D eigenvalue weighted by Gasteiger charge is 2.45. The van der Waals surface area contributed by atoms with Gasteiger partial charge in [0.1, 0.15) is 5.82 Å². The summed E-state index contributed by atoms with van der Waals surface area (Å²) in [5, 5.41) is 10.3. The Morgan fingerprint density at radius 2 is 2.20 bits per heavy atom. The van der Waals surface area contributed by atoms with E-state index in [4.69, 9.17) is 0 Å². The van der Waals surface area contributed by atoms with E-state index >= 15 is 0 Å². The minimum absolute atomic E-state index is 0.105. The molecule has 1 heterocycles. The van der Waals surface area contributed by atoms with Crippen molar-refractivity contribution < 1.29 is 9.50 Å². The highest BCUT2D eigenvalue weighted by Crippen LogP contribution is 2.49. The third-order valence-electron chi connectivity index (χ3n) is 3.39. The minimum atomic E-state index is -0.229. The molecule has 1 aliphatic carbocycles. The van der Waals surface area contributed by atoms with Crippen LogP contribution in [0.25, 0.3) is 10.9 Å². The second-order valence-corrected chi connectivity index (χ2v) is 4.30. The fourth-order valence-electron chi connectivity index (χ4n) is 2.22. The van der Waals surface area contributed by atoms with Gasteiger partial charge in [-0.2, -0.15) is 0 Å². The van der Waals surface area contributed by atoms with Crippen LogP contribution >= 0.6 is 0 Å². The standard InChI is InChI=1S/C12H12FNO/c13-10-3-1-2-8-9(6-14-11(8)10)12(7-15)4-5-12/h1-3,6,14-15H,4-5,7H2. The maximum Gasteiger partial charge on any atom is 0.147 e. The molecule has 3 heteroatoms. The van der Waals surface area contributed by atoms with Gasteiger partial charge in [-0.1, -0.05) is 12.1 Å². The molecule has 2 N–H and O–H groups in total. The third kappa shape index (κ3) is 1.13. The highest BCUT2D eigenvalue weighted by molar-refractivity contribution is 5.85. The number of hydrogen-bond donors (Lipinski definition) is 2. The van der Waals surface area contributed by atoms with Crippen molar-refractivity contribution in [3.05, 3.63) is 35.8 Å². The van der Waals surface area contributed by atoms with Gasteiger partial charge in [-0.25, -0.2) is 4.39 Å². The third-order valence-corrected chi connectivity index (χ3v) is 3.39. The average Bonchev–Trinajstić information content (AvgIpc) is 2.92. The van der Waals surface area contributed by atoms with E-state index in [0.29, 0.717) is 5.52 Å². The summed E-state index contributed by atoms with van der Waals surface area (Å²) in [4.78, 5) is 2.95. The van der Waals surface area contributed by atoms with Crippen molar-refractivity contribution in [2.24, 2.45) is 0 Å². The molecule has 1 saturated carbocycles. The van der Waals surface area contributed by atoms with Gasteiger partial charge < -0.3 is 10.1 Å². The van der Waals surface area contributed by atoms with Crippen LogP contribution in [0.5, 0.6) is 0 Å². The first-order chi connectivity index (χ1) is 7.27. The van der Waals surface area contributed by atoms with Crippen LogP contribution in [0.15, 0.2) is 24.4 Å². The molecule has 15 heavy (non-hydrogen) atoms. The SMILES string of the molecule is OCC1(c2c[nH]c3c(F)cccc23)CC1. The van der Waals surface area contributed by atoms with Gasteiger partial charge in [0.25, 0.3) is 0 Å². The maximum atomic E-state index is 13.4. The Labute approximate surface area is 86.7 Å². The number of rotatable bonds is 2. The number of nitrogens with one attached hydrogen (secondary N) is 1. The zero-order valence-electron chi connectivity index (χ0n) is 8.26. The molecule has 0 atom stereocenters. The molecule has 78 valence electrons. The molecule has 0 saturated heterocycles. The number of para-hydroxylation sites is 1. The highest BCUT2D eigenvalue weighted by atomic mass is 19.1. The molecule has 0 amide bonds. The number of H-pyrrole nitrogens is 1. The van der Waals surface area contributed by atoms with Gasteiger partial charge in [0.15, 0.2) is 0 Å². The van der Waals surface area contributed by atoms with Crippen molar-refractivity contribution in [1.29, 1.82) is 0 Å². The molecular formula is C12H12FNO. The molecular weight excluding hydrogens is 193 g/mol. The summed E-state index contributed by atoms with van der Waals surface area (Å²) in [5.74, 6) is -0.229. The summed E-state index contributed by atoms with van der Waals surface area (Å²) in [6, 6.07) is 5.06. The van der Waals surface area contributed by atoms with Crippen molar-refractivity contribution in [3.8, 4) is 0 Å². The Balaban J connectivity index is 2.25. The van der Waals surface area contributed by atoms with Gasteiger partial charge in [-0.05, 0) is 24.5 Å². The molecule has 0 aliphatic heterocycles. The first-order valence-electron chi connectivity index (χ1n) is 5.14. The van der Waals surface area contributed by atoms with Crippen LogP contribution in [0.2, 0.25) is 0 Å². The van der Waals surface area contributed by atoms with Crippen LogP contribution in [-0.4, -0.2) is 16.7 Å². The molecule has 1 aromatic heterocycles. The van der Waals surface area contributed by atoms with Gasteiger partial charge in [-0.15, -0.1) is 0 Å². The van der Waals surface area contributed by atoms with Gasteiger partial charge in [0.2, 0.25) is 0 Å². The van der Waals surface area contributed by atoms with Crippen LogP contribution in [0.4, 0.5) is 4.39 Å². The van der Waals surface area contributed by atoms with Gasteiger partial charge in [0.05, 0.1) is 12.1 Å². The molecule has 1 aromatic carbocycles. The van der Waals surface area contributed by atoms with Crippen LogP contribution < -0.4 is 0 Å². The molecule has 0 radical (unpaired) electrons. The maximum absolute atomic E-state index is 13.4. The molecule has 1 aliphatic rings. The summed E-state index contributed by atoms with van der Waals surface area (Å²) in [6.45, 7) is 0.149. The topological polar surface area (TPSA) is 36.0 Å². The van der Waals surface area contributed by atoms with Crippen molar-refractivity contribution in [3.63, 3.8) is 0 Å². The van der Waals surface area contributed by atoms with E-state index in [9.17, 15) is 9.50 Å². The lowest BCUT2D eigenvalue weighted by Gasteiger charge is -2.09. The summed E-state index contributed by atoms with van der Waals surface area (Å²) in [7, 11) is 0. The number of hydrogen-bond acceptors (Lipinski definition) is 1. The molecule has 0 bridgehead atoms. The number of fused-ring (bicyclic) bond motifs is 1. The predicted octanol–water partition coefficient (Wildman–Crippen LogP) is 2.33. The summed E-state index contributed by atoms with van der Waals surface area (Å²) in [6.07, 6.45) is 3.82. The van der Waals surface area contributed by atoms with E-state index in [1.54, 1.807) is 6.07 Å². The number of aliphatic hydroxyl groups excluding tert-OH is 1. The average molecular weight is 205 g/mol. The Morgan fingerprint density at radius 1 is 1.40 bits per heavy atom. The second kappa shape index (κ2) is 2.83. The fraction of sp³-hybridized carbons (Fsp3) is 0.333. The smallest absolute Gasteiger partial charge is 0.147 e. The van der Waals surface area contributed by atoms with E-state index in [2.05, 4.69) is 4.98 Å². The van der Waals surface area contributed by atoms with Crippen LogP contribution in [0.3, 0.4) is 0 Å². The van der Waals surface area contributed by atoms with Crippen LogP contribution in [0.1, 0.15) is 18.4 Å². The zero-order chi connectivity index (χ0) is 10.5. The normalized spacial score (nSPS) is 18.3. The van der Waals surface area contributed by atoms with Gasteiger partial charge >= 0.3 is 0 Å². The lowest BCUT2D eigenvalue weighted by Crippen LogP contribution is -2.10. The Hall–Kier alpha value is -1.35. The number of halogens is 1. The first kappa shape index (κ1) is 8.92. The van der Waals surface area contributed by atoms with E-state index in [-0.39, 0.29) is 17.8 Å². The van der Waals surface area contributed by atoms with E-state index in [1.807, 2.05) is 12.3 Å². The van der Waals surface area contributed by atoms with Gasteiger partial charge in [0, 0.05) is 17.0 Å². The number of aliphatic hydroxyl groups is 1. The summed E-state index contributed by atoms with van der Waals surface area (Å²) in [5.41, 5.74) is 1.50. The van der Waals surface area contributed by atoms with E-state index < -0.39 is 0 Å². The number of aromatic nitrogens is 1. The largest absolute Gasteiger partial charge is 0.395 e. The first-order valence-corrected chi connectivity index (χ1v) is 5.14. The van der Waals surface area contributed by atoms with Crippen LogP contribution in [0, 0.1) is 5.82 Å². The molecule has 0 unspecified atom stereocenters. The zero-order valence-corrected chi connectivity index (χ0v) is 8.26. The quantitative estimate of drug-likeness (QED) is 0.775. The Kier molecular flexibility index (Phi) is 1.68. The lowest BCUT2D eigenvalue weighted by atomic mass is 9.96. The van der Waals surface area contributed by atoms with Crippen molar-refractivity contribution in [2.45, 2.75) is 18.3 Å². The second-order valence-electron chi connectivity index (χ2n) is 4.30. The van der Waals surface area contributed by atoms with E-state index in [1.165, 1.54) is 6.07 Å². The Bertz CT molecular complexity index is 513. The van der Waals surface area contributed by atoms with Crippen LogP contribution in [-0.2, 0) is 5.41 Å². The molecule has 3 rings (SSSR count). The fourth-order valence-corrected chi connectivity index (χ4v) is 2.22. The number of aromatic amines is 1. The van der Waals surface area contributed by atoms with E-state index in [0.717, 1.165) is 23.8 Å².